The Hall–Kier alpha value is -2.89. The van der Waals surface area contributed by atoms with Crippen molar-refractivity contribution in [2.45, 2.75) is 43.7 Å². The van der Waals surface area contributed by atoms with Gasteiger partial charge in [0.05, 0.1) is 17.8 Å². The standard InChI is InChI=1S/C20H25F2N5O4S/c1-3-30-18(29)14-8-10-26(11-9-14)17(28)12(2)32-20-25-24-16(27(20)23)13-4-6-15(7-5-13)31-19(21)22/h4-7,12,14,19H,3,8-11,23H2,1-2H3. The normalized spacial score (nSPS) is 15.6. The van der Waals surface area contributed by atoms with Crippen LogP contribution in [0.5, 0.6) is 5.75 Å². The number of nitrogens with zero attached hydrogens (tertiary/aromatic N) is 4. The smallest absolute Gasteiger partial charge is 0.387 e. The summed E-state index contributed by atoms with van der Waals surface area (Å²) in [5.41, 5.74) is 0.563. The number of alkyl halides is 2. The summed E-state index contributed by atoms with van der Waals surface area (Å²) in [6, 6.07) is 5.85. The summed E-state index contributed by atoms with van der Waals surface area (Å²) in [7, 11) is 0. The van der Waals surface area contributed by atoms with Crippen molar-refractivity contribution in [1.82, 2.24) is 19.8 Å². The Morgan fingerprint density at radius 3 is 2.47 bits per heavy atom. The monoisotopic (exact) mass is 469 g/mol. The van der Waals surface area contributed by atoms with E-state index in [2.05, 4.69) is 14.9 Å². The fraction of sp³-hybridized carbons (Fsp3) is 0.500. The molecule has 3 rings (SSSR count). The third kappa shape index (κ3) is 5.67. The summed E-state index contributed by atoms with van der Waals surface area (Å²) in [6.45, 7) is 1.95. The molecule has 2 aromatic rings. The van der Waals surface area contributed by atoms with Crippen molar-refractivity contribution in [3.8, 4) is 17.1 Å². The van der Waals surface area contributed by atoms with Crippen molar-refractivity contribution in [3.05, 3.63) is 24.3 Å². The lowest BCUT2D eigenvalue weighted by Crippen LogP contribution is -2.43. The number of rotatable bonds is 8. The predicted octanol–water partition coefficient (Wildman–Crippen LogP) is 2.54. The molecule has 1 atom stereocenters. The Balaban J connectivity index is 1.59. The molecule has 0 bridgehead atoms. The molecule has 9 nitrogen and oxygen atoms in total. The lowest BCUT2D eigenvalue weighted by atomic mass is 9.97. The zero-order valence-electron chi connectivity index (χ0n) is 17.7. The number of aromatic nitrogens is 3. The first-order valence-electron chi connectivity index (χ1n) is 10.2. The number of benzene rings is 1. The topological polar surface area (TPSA) is 113 Å². The lowest BCUT2D eigenvalue weighted by Gasteiger charge is -2.32. The average Bonchev–Trinajstić information content (AvgIpc) is 3.13. The van der Waals surface area contributed by atoms with E-state index >= 15 is 0 Å². The van der Waals surface area contributed by atoms with Crippen LogP contribution in [0.1, 0.15) is 26.7 Å². The van der Waals surface area contributed by atoms with Gasteiger partial charge in [0.2, 0.25) is 11.1 Å². The molecular weight excluding hydrogens is 444 g/mol. The summed E-state index contributed by atoms with van der Waals surface area (Å²) in [5.74, 6) is 6.00. The number of amides is 1. The average molecular weight is 470 g/mol. The van der Waals surface area contributed by atoms with Crippen molar-refractivity contribution < 1.29 is 27.8 Å². The minimum atomic E-state index is -2.91. The molecule has 1 aromatic heterocycles. The molecule has 12 heteroatoms. The van der Waals surface area contributed by atoms with Gasteiger partial charge in [0.25, 0.3) is 0 Å². The maximum absolute atomic E-state index is 12.8. The third-order valence-corrected chi connectivity index (χ3v) is 6.10. The summed E-state index contributed by atoms with van der Waals surface area (Å²) in [6.07, 6.45) is 1.15. The highest BCUT2D eigenvalue weighted by molar-refractivity contribution is 8.00. The van der Waals surface area contributed by atoms with Crippen LogP contribution in [-0.4, -0.2) is 63.2 Å². The van der Waals surface area contributed by atoms with E-state index in [1.165, 1.54) is 28.6 Å². The van der Waals surface area contributed by atoms with Gasteiger partial charge in [0.15, 0.2) is 5.82 Å². The van der Waals surface area contributed by atoms with Gasteiger partial charge in [0.1, 0.15) is 5.75 Å². The minimum Gasteiger partial charge on any atom is -0.466 e. The van der Waals surface area contributed by atoms with Crippen LogP contribution < -0.4 is 10.6 Å². The Morgan fingerprint density at radius 1 is 1.22 bits per heavy atom. The Bertz CT molecular complexity index is 933. The van der Waals surface area contributed by atoms with Gasteiger partial charge < -0.3 is 20.2 Å². The molecule has 2 heterocycles. The van der Waals surface area contributed by atoms with Gasteiger partial charge in [-0.15, -0.1) is 10.2 Å². The quantitative estimate of drug-likeness (QED) is 0.357. The van der Waals surface area contributed by atoms with E-state index in [-0.39, 0.29) is 23.5 Å². The predicted molar refractivity (Wildman–Crippen MR) is 113 cm³/mol. The Kier molecular flexibility index (Phi) is 7.89. The van der Waals surface area contributed by atoms with Crippen molar-refractivity contribution >= 4 is 23.6 Å². The SMILES string of the molecule is CCOC(=O)C1CCN(C(=O)C(C)Sc2nnc(-c3ccc(OC(F)F)cc3)n2N)CC1. The first kappa shape index (κ1) is 23.8. The molecule has 1 unspecified atom stereocenters. The molecule has 174 valence electrons. The number of hydrogen-bond donors (Lipinski definition) is 1. The van der Waals surface area contributed by atoms with Gasteiger partial charge in [-0.05, 0) is 51.0 Å². The number of thioether (sulfide) groups is 1. The first-order valence-corrected chi connectivity index (χ1v) is 11.1. The van der Waals surface area contributed by atoms with Gasteiger partial charge in [-0.1, -0.05) is 11.8 Å². The number of carbonyl (C=O) groups excluding carboxylic acids is 2. The summed E-state index contributed by atoms with van der Waals surface area (Å²) < 4.78 is 35.2. The fourth-order valence-corrected chi connectivity index (χ4v) is 4.26. The van der Waals surface area contributed by atoms with Crippen molar-refractivity contribution in [2.24, 2.45) is 5.92 Å². The summed E-state index contributed by atoms with van der Waals surface area (Å²) >= 11 is 1.17. The molecule has 1 aliphatic rings. The van der Waals surface area contributed by atoms with E-state index < -0.39 is 11.9 Å². The van der Waals surface area contributed by atoms with Gasteiger partial charge in [-0.3, -0.25) is 9.59 Å². The molecule has 32 heavy (non-hydrogen) atoms. The van der Waals surface area contributed by atoms with Gasteiger partial charge in [0, 0.05) is 18.7 Å². The van der Waals surface area contributed by atoms with Crippen LogP contribution in [0.2, 0.25) is 0 Å². The number of hydrogen-bond acceptors (Lipinski definition) is 8. The molecule has 1 aliphatic heterocycles. The van der Waals surface area contributed by atoms with Crippen LogP contribution in [0, 0.1) is 5.92 Å². The van der Waals surface area contributed by atoms with E-state index in [0.717, 1.165) is 0 Å². The van der Waals surface area contributed by atoms with Crippen LogP contribution in [0.15, 0.2) is 29.4 Å². The largest absolute Gasteiger partial charge is 0.466 e. The third-order valence-electron chi connectivity index (χ3n) is 5.06. The van der Waals surface area contributed by atoms with Crippen LogP contribution in [0.25, 0.3) is 11.4 Å². The second-order valence-electron chi connectivity index (χ2n) is 7.19. The molecule has 0 radical (unpaired) electrons. The first-order chi connectivity index (χ1) is 15.3. The minimum absolute atomic E-state index is 0.0207. The number of piperidine rings is 1. The van der Waals surface area contributed by atoms with Gasteiger partial charge >= 0.3 is 12.6 Å². The number of esters is 1. The number of ether oxygens (including phenoxy) is 2. The second kappa shape index (κ2) is 10.6. The number of nitrogen functional groups attached to an aromatic ring is 1. The van der Waals surface area contributed by atoms with Crippen molar-refractivity contribution in [3.63, 3.8) is 0 Å². The maximum Gasteiger partial charge on any atom is 0.387 e. The summed E-state index contributed by atoms with van der Waals surface area (Å²) in [5, 5.41) is 7.98. The van der Waals surface area contributed by atoms with Gasteiger partial charge in [-0.25, -0.2) is 4.68 Å². The Labute approximate surface area is 188 Å². The molecule has 0 aliphatic carbocycles. The maximum atomic E-state index is 12.8. The zero-order chi connectivity index (χ0) is 23.3. The molecule has 1 amide bonds. The van der Waals surface area contributed by atoms with Crippen molar-refractivity contribution in [2.75, 3.05) is 25.5 Å². The van der Waals surface area contributed by atoms with E-state index in [0.29, 0.717) is 49.1 Å². The fourth-order valence-electron chi connectivity index (χ4n) is 3.40. The highest BCUT2D eigenvalue weighted by Crippen LogP contribution is 2.28. The summed E-state index contributed by atoms with van der Waals surface area (Å²) in [4.78, 5) is 26.4. The Morgan fingerprint density at radius 2 is 1.88 bits per heavy atom. The second-order valence-corrected chi connectivity index (χ2v) is 8.50. The molecule has 0 spiro atoms. The van der Waals surface area contributed by atoms with Crippen molar-refractivity contribution in [1.29, 1.82) is 0 Å². The van der Waals surface area contributed by atoms with Crippen LogP contribution >= 0.6 is 11.8 Å². The number of halogens is 2. The molecule has 1 saturated heterocycles. The molecule has 1 aromatic carbocycles. The number of nitrogens with two attached hydrogens (primary N) is 1. The zero-order valence-corrected chi connectivity index (χ0v) is 18.6. The molecule has 1 fully saturated rings. The lowest BCUT2D eigenvalue weighted by molar-refractivity contribution is -0.151. The van der Waals surface area contributed by atoms with E-state index in [4.69, 9.17) is 10.6 Å². The molecule has 2 N–H and O–H groups in total. The van der Waals surface area contributed by atoms with E-state index in [1.54, 1.807) is 30.9 Å². The molecular formula is C20H25F2N5O4S. The van der Waals surface area contributed by atoms with Crippen LogP contribution in [0.3, 0.4) is 0 Å². The highest BCUT2D eigenvalue weighted by Gasteiger charge is 2.31. The number of carbonyl (C=O) groups is 2. The van der Waals surface area contributed by atoms with Crippen LogP contribution in [-0.2, 0) is 14.3 Å². The highest BCUT2D eigenvalue weighted by atomic mass is 32.2. The van der Waals surface area contributed by atoms with E-state index in [1.807, 2.05) is 0 Å². The number of likely N-dealkylation sites (tertiary alicyclic amines) is 1. The van der Waals surface area contributed by atoms with E-state index in [9.17, 15) is 18.4 Å². The van der Waals surface area contributed by atoms with Crippen LogP contribution in [0.4, 0.5) is 8.78 Å². The van der Waals surface area contributed by atoms with Gasteiger partial charge in [-0.2, -0.15) is 8.78 Å². The molecule has 0 saturated carbocycles.